The zero-order valence-corrected chi connectivity index (χ0v) is 14.6. The van der Waals surface area contributed by atoms with Gasteiger partial charge < -0.3 is 0 Å². The lowest BCUT2D eigenvalue weighted by Gasteiger charge is -2.17. The van der Waals surface area contributed by atoms with Crippen molar-refractivity contribution in [3.63, 3.8) is 0 Å². The van der Waals surface area contributed by atoms with Gasteiger partial charge in [-0.05, 0) is 38.2 Å². The zero-order chi connectivity index (χ0) is 18.6. The number of hydrogen-bond donors (Lipinski definition) is 0. The van der Waals surface area contributed by atoms with E-state index in [1.54, 1.807) is 0 Å². The fourth-order valence-corrected chi connectivity index (χ4v) is 4.10. The molecule has 0 bridgehead atoms. The van der Waals surface area contributed by atoms with Crippen LogP contribution in [0.15, 0.2) is 34.7 Å². The number of rotatable bonds is 8. The maximum atomic E-state index is 12.6. The second-order valence-electron chi connectivity index (χ2n) is 5.85. The quantitative estimate of drug-likeness (QED) is 0.394. The SMILES string of the molecule is CN(CCCC1=CCCC1)S(=O)(=O)c1ccc([N+](=O)[O-])cc1[N+](=O)[O-]. The van der Waals surface area contributed by atoms with Gasteiger partial charge in [0.2, 0.25) is 10.0 Å². The molecular formula is C15H19N3O6S. The molecule has 9 nitrogen and oxygen atoms in total. The highest BCUT2D eigenvalue weighted by Gasteiger charge is 2.31. The number of sulfonamides is 1. The van der Waals surface area contributed by atoms with E-state index in [1.165, 1.54) is 12.6 Å². The number of non-ortho nitro benzene ring substituents is 1. The summed E-state index contributed by atoms with van der Waals surface area (Å²) >= 11 is 0. The summed E-state index contributed by atoms with van der Waals surface area (Å²) in [6.45, 7) is 0.216. The molecule has 1 aliphatic carbocycles. The Kier molecular flexibility index (Phi) is 5.85. The van der Waals surface area contributed by atoms with Crippen LogP contribution >= 0.6 is 0 Å². The van der Waals surface area contributed by atoms with Crippen molar-refractivity contribution in [2.75, 3.05) is 13.6 Å². The van der Waals surface area contributed by atoms with Crippen LogP contribution in [0, 0.1) is 20.2 Å². The molecule has 136 valence electrons. The Morgan fingerprint density at radius 3 is 2.48 bits per heavy atom. The smallest absolute Gasteiger partial charge is 0.258 e. The van der Waals surface area contributed by atoms with Gasteiger partial charge in [0, 0.05) is 19.7 Å². The third kappa shape index (κ3) is 4.40. The van der Waals surface area contributed by atoms with Crippen LogP contribution in [-0.4, -0.2) is 36.2 Å². The fraction of sp³-hybridized carbons (Fsp3) is 0.467. The van der Waals surface area contributed by atoms with Gasteiger partial charge in [-0.2, -0.15) is 0 Å². The van der Waals surface area contributed by atoms with Crippen LogP contribution in [0.4, 0.5) is 11.4 Å². The molecule has 1 aromatic carbocycles. The number of benzene rings is 1. The maximum absolute atomic E-state index is 12.6. The monoisotopic (exact) mass is 369 g/mol. The minimum Gasteiger partial charge on any atom is -0.258 e. The van der Waals surface area contributed by atoms with Gasteiger partial charge in [0.1, 0.15) is 0 Å². The first-order valence-electron chi connectivity index (χ1n) is 7.80. The number of nitro benzene ring substituents is 2. The van der Waals surface area contributed by atoms with E-state index < -0.39 is 36.1 Å². The molecule has 0 radical (unpaired) electrons. The predicted octanol–water partition coefficient (Wildman–Crippen LogP) is 3.01. The molecule has 0 atom stereocenters. The summed E-state index contributed by atoms with van der Waals surface area (Å²) in [4.78, 5) is 19.6. The highest BCUT2D eigenvalue weighted by Crippen LogP contribution is 2.30. The van der Waals surface area contributed by atoms with E-state index >= 15 is 0 Å². The molecule has 0 unspecified atom stereocenters. The Morgan fingerprint density at radius 1 is 1.20 bits per heavy atom. The molecule has 0 aliphatic heterocycles. The molecule has 0 amide bonds. The van der Waals surface area contributed by atoms with Crippen molar-refractivity contribution in [3.8, 4) is 0 Å². The molecule has 0 heterocycles. The van der Waals surface area contributed by atoms with Gasteiger partial charge in [0.05, 0.1) is 15.9 Å². The first kappa shape index (κ1) is 19.0. The van der Waals surface area contributed by atoms with E-state index in [-0.39, 0.29) is 6.54 Å². The Balaban J connectivity index is 2.19. The number of allylic oxidation sites excluding steroid dienone is 2. The van der Waals surface area contributed by atoms with Crippen molar-refractivity contribution in [1.29, 1.82) is 0 Å². The van der Waals surface area contributed by atoms with Crippen LogP contribution in [0.3, 0.4) is 0 Å². The minimum atomic E-state index is -4.10. The van der Waals surface area contributed by atoms with Crippen molar-refractivity contribution >= 4 is 21.4 Å². The van der Waals surface area contributed by atoms with Crippen LogP contribution in [0.1, 0.15) is 32.1 Å². The summed E-state index contributed by atoms with van der Waals surface area (Å²) in [6.07, 6.45) is 6.78. The fourth-order valence-electron chi connectivity index (χ4n) is 2.76. The van der Waals surface area contributed by atoms with Crippen molar-refractivity contribution in [2.45, 2.75) is 37.0 Å². The lowest BCUT2D eigenvalue weighted by atomic mass is 10.1. The third-order valence-electron chi connectivity index (χ3n) is 4.14. The average Bonchev–Trinajstić information content (AvgIpc) is 3.07. The highest BCUT2D eigenvalue weighted by atomic mass is 32.2. The molecule has 0 spiro atoms. The molecular weight excluding hydrogens is 350 g/mol. The molecule has 0 aromatic heterocycles. The molecule has 0 saturated heterocycles. The summed E-state index contributed by atoms with van der Waals surface area (Å²) in [6, 6.07) is 2.54. The standard InChI is InChI=1S/C15H19N3O6S/c1-16(10-4-7-12-5-2-3-6-12)25(23,24)15-9-8-13(17(19)20)11-14(15)18(21)22/h5,8-9,11H,2-4,6-7,10H2,1H3. The van der Waals surface area contributed by atoms with Gasteiger partial charge in [-0.25, -0.2) is 12.7 Å². The Hall–Kier alpha value is -2.33. The zero-order valence-electron chi connectivity index (χ0n) is 13.8. The van der Waals surface area contributed by atoms with E-state index in [0.717, 1.165) is 42.1 Å². The van der Waals surface area contributed by atoms with Gasteiger partial charge in [-0.3, -0.25) is 20.2 Å². The summed E-state index contributed by atoms with van der Waals surface area (Å²) in [5.41, 5.74) is -0.00635. The largest absolute Gasteiger partial charge is 0.296 e. The van der Waals surface area contributed by atoms with Crippen molar-refractivity contribution in [2.24, 2.45) is 0 Å². The Labute approximate surface area is 145 Å². The first-order valence-corrected chi connectivity index (χ1v) is 9.24. The third-order valence-corrected chi connectivity index (χ3v) is 6.05. The highest BCUT2D eigenvalue weighted by molar-refractivity contribution is 7.89. The predicted molar refractivity (Wildman–Crippen MR) is 90.7 cm³/mol. The molecule has 0 saturated carbocycles. The summed E-state index contributed by atoms with van der Waals surface area (Å²) in [5, 5.41) is 21.9. The molecule has 25 heavy (non-hydrogen) atoms. The Morgan fingerprint density at radius 2 is 1.92 bits per heavy atom. The van der Waals surface area contributed by atoms with Crippen LogP contribution in [0.25, 0.3) is 0 Å². The number of hydrogen-bond acceptors (Lipinski definition) is 6. The van der Waals surface area contributed by atoms with Gasteiger partial charge in [0.25, 0.3) is 11.4 Å². The van der Waals surface area contributed by atoms with Gasteiger partial charge in [-0.15, -0.1) is 0 Å². The normalized spacial score (nSPS) is 14.6. The molecule has 1 aromatic rings. The molecule has 10 heteroatoms. The molecule has 1 aliphatic rings. The van der Waals surface area contributed by atoms with Crippen molar-refractivity contribution < 1.29 is 18.3 Å². The summed E-state index contributed by atoms with van der Waals surface area (Å²) in [7, 11) is -2.75. The van der Waals surface area contributed by atoms with E-state index in [0.29, 0.717) is 12.5 Å². The lowest BCUT2D eigenvalue weighted by molar-refractivity contribution is -0.396. The number of nitrogens with zero attached hydrogens (tertiary/aromatic N) is 3. The summed E-state index contributed by atoms with van der Waals surface area (Å²) in [5.74, 6) is 0. The summed E-state index contributed by atoms with van der Waals surface area (Å²) < 4.78 is 26.3. The van der Waals surface area contributed by atoms with Crippen LogP contribution < -0.4 is 0 Å². The van der Waals surface area contributed by atoms with E-state index in [4.69, 9.17) is 0 Å². The maximum Gasteiger partial charge on any atom is 0.296 e. The molecule has 0 fully saturated rings. The van der Waals surface area contributed by atoms with Crippen LogP contribution in [0.5, 0.6) is 0 Å². The topological polar surface area (TPSA) is 124 Å². The van der Waals surface area contributed by atoms with Crippen molar-refractivity contribution in [3.05, 3.63) is 50.1 Å². The van der Waals surface area contributed by atoms with Gasteiger partial charge in [-0.1, -0.05) is 11.6 Å². The molecule has 0 N–H and O–H groups in total. The van der Waals surface area contributed by atoms with Gasteiger partial charge >= 0.3 is 0 Å². The van der Waals surface area contributed by atoms with E-state index in [9.17, 15) is 28.6 Å². The Bertz CT molecular complexity index is 819. The minimum absolute atomic E-state index is 0.216. The number of nitro groups is 2. The second kappa shape index (κ2) is 7.70. The van der Waals surface area contributed by atoms with E-state index in [2.05, 4.69) is 6.08 Å². The van der Waals surface area contributed by atoms with Gasteiger partial charge in [0.15, 0.2) is 4.90 Å². The van der Waals surface area contributed by atoms with E-state index in [1.807, 2.05) is 0 Å². The van der Waals surface area contributed by atoms with Crippen molar-refractivity contribution in [1.82, 2.24) is 4.31 Å². The van der Waals surface area contributed by atoms with Crippen LogP contribution in [-0.2, 0) is 10.0 Å². The van der Waals surface area contributed by atoms with Crippen LogP contribution in [0.2, 0.25) is 0 Å². The molecule has 2 rings (SSSR count). The second-order valence-corrected chi connectivity index (χ2v) is 7.86. The first-order chi connectivity index (χ1) is 11.7. The lowest BCUT2D eigenvalue weighted by Crippen LogP contribution is -2.28. The average molecular weight is 369 g/mol.